The van der Waals surface area contributed by atoms with Crippen molar-refractivity contribution < 1.29 is 9.53 Å². The van der Waals surface area contributed by atoms with Crippen LogP contribution >= 0.6 is 0 Å². The number of carbonyl (C=O) groups is 1. The minimum absolute atomic E-state index is 0.153. The maximum atomic E-state index is 10.3. The second-order valence-electron chi connectivity index (χ2n) is 1.74. The van der Waals surface area contributed by atoms with Crippen LogP contribution in [0.1, 0.15) is 12.8 Å². The van der Waals surface area contributed by atoms with Gasteiger partial charge in [-0.1, -0.05) is 0 Å². The van der Waals surface area contributed by atoms with Gasteiger partial charge in [0.05, 0.1) is 5.92 Å². The van der Waals surface area contributed by atoms with E-state index in [0.29, 0.717) is 0 Å². The highest BCUT2D eigenvalue weighted by Crippen LogP contribution is 2.29. The molecule has 0 unspecified atom stereocenters. The van der Waals surface area contributed by atoms with E-state index in [1.165, 1.54) is 0 Å². The minimum Gasteiger partial charge on any atom is -0.462 e. The predicted molar refractivity (Wildman–Crippen MR) is 24.2 cm³/mol. The Morgan fingerprint density at radius 3 is 2.43 bits per heavy atom. The third kappa shape index (κ3) is 0.918. The molecule has 7 heavy (non-hydrogen) atoms. The fourth-order valence-corrected chi connectivity index (χ4v) is 0.437. The van der Waals surface area contributed by atoms with Crippen LogP contribution in [0.3, 0.4) is 0 Å². The third-order valence-corrected chi connectivity index (χ3v) is 1.05. The summed E-state index contributed by atoms with van der Waals surface area (Å²) in [4.78, 5) is 10.3. The van der Waals surface area contributed by atoms with E-state index in [4.69, 9.17) is 0 Å². The van der Waals surface area contributed by atoms with E-state index in [1.54, 1.807) is 0 Å². The van der Waals surface area contributed by atoms with Gasteiger partial charge in [0.15, 0.2) is 0 Å². The maximum absolute atomic E-state index is 10.3. The summed E-state index contributed by atoms with van der Waals surface area (Å²) in [6.45, 7) is 0. The van der Waals surface area contributed by atoms with Crippen LogP contribution in [-0.2, 0) is 9.53 Å². The molecule has 0 aromatic heterocycles. The Hall–Kier alpha value is -0.530. The molecule has 0 aromatic carbocycles. The first kappa shape index (κ1) is 4.62. The van der Waals surface area contributed by atoms with Crippen molar-refractivity contribution in [1.82, 2.24) is 0 Å². The largest absolute Gasteiger partial charge is 0.462 e. The average Bonchev–Trinajstić information content (AvgIpc) is 2.44. The summed E-state index contributed by atoms with van der Waals surface area (Å²) in [7, 11) is 3.00. The normalized spacial score (nSPS) is 19.0. The van der Waals surface area contributed by atoms with Crippen LogP contribution in [0.2, 0.25) is 0 Å². The Labute approximate surface area is 42.5 Å². The SMILES string of the molecule is [CH2]OC(=O)C1CC1. The molecule has 0 bridgehead atoms. The number of carbonyl (C=O) groups excluding carboxylic acids is 1. The van der Waals surface area contributed by atoms with Gasteiger partial charge < -0.3 is 4.74 Å². The van der Waals surface area contributed by atoms with Gasteiger partial charge in [-0.2, -0.15) is 0 Å². The lowest BCUT2D eigenvalue weighted by molar-refractivity contribution is -0.139. The van der Waals surface area contributed by atoms with Gasteiger partial charge in [-0.3, -0.25) is 4.79 Å². The topological polar surface area (TPSA) is 26.3 Å². The molecule has 0 N–H and O–H groups in total. The van der Waals surface area contributed by atoms with Crippen molar-refractivity contribution in [2.24, 2.45) is 5.92 Å². The fraction of sp³-hybridized carbons (Fsp3) is 0.600. The number of ether oxygens (including phenoxy) is 1. The van der Waals surface area contributed by atoms with E-state index < -0.39 is 0 Å². The second kappa shape index (κ2) is 1.52. The molecule has 0 aliphatic heterocycles. The molecule has 1 rings (SSSR count). The Morgan fingerprint density at radius 2 is 2.29 bits per heavy atom. The second-order valence-corrected chi connectivity index (χ2v) is 1.74. The van der Waals surface area contributed by atoms with Crippen molar-refractivity contribution >= 4 is 5.97 Å². The molecule has 0 spiro atoms. The molecule has 1 radical (unpaired) electrons. The molecule has 0 heterocycles. The first-order chi connectivity index (χ1) is 3.34. The van der Waals surface area contributed by atoms with Crippen molar-refractivity contribution in [2.75, 3.05) is 0 Å². The molecule has 2 heteroatoms. The summed E-state index contributed by atoms with van der Waals surface area (Å²) in [6, 6.07) is 0. The number of hydrogen-bond acceptors (Lipinski definition) is 2. The highest BCUT2D eigenvalue weighted by Gasteiger charge is 2.30. The van der Waals surface area contributed by atoms with Gasteiger partial charge in [-0.25, -0.2) is 0 Å². The van der Waals surface area contributed by atoms with Crippen LogP contribution in [0.25, 0.3) is 0 Å². The maximum Gasteiger partial charge on any atom is 0.309 e. The van der Waals surface area contributed by atoms with Gasteiger partial charge in [-0.05, 0) is 12.8 Å². The molecule has 1 aliphatic rings. The molecule has 0 amide bonds. The van der Waals surface area contributed by atoms with Gasteiger partial charge in [0, 0.05) is 0 Å². The predicted octanol–water partition coefficient (Wildman–Crippen LogP) is 0.731. The first-order valence-corrected chi connectivity index (χ1v) is 2.30. The molecule has 39 valence electrons. The van der Waals surface area contributed by atoms with Crippen molar-refractivity contribution in [3.05, 3.63) is 7.11 Å². The van der Waals surface area contributed by atoms with Crippen molar-refractivity contribution in [3.8, 4) is 0 Å². The molecule has 0 saturated heterocycles. The zero-order valence-corrected chi connectivity index (χ0v) is 4.02. The molecule has 2 nitrogen and oxygen atoms in total. The fourth-order valence-electron chi connectivity index (χ4n) is 0.437. The molecule has 1 aliphatic carbocycles. The van der Waals surface area contributed by atoms with Crippen molar-refractivity contribution in [1.29, 1.82) is 0 Å². The van der Waals surface area contributed by atoms with E-state index >= 15 is 0 Å². The number of rotatable bonds is 1. The van der Waals surface area contributed by atoms with Crippen LogP contribution in [0.5, 0.6) is 0 Å². The molecule has 0 aromatic rings. The highest BCUT2D eigenvalue weighted by molar-refractivity contribution is 5.74. The molecular weight excluding hydrogens is 92.1 g/mol. The van der Waals surface area contributed by atoms with Crippen LogP contribution in [-0.4, -0.2) is 5.97 Å². The first-order valence-electron chi connectivity index (χ1n) is 2.30. The number of hydrogen-bond donors (Lipinski definition) is 0. The van der Waals surface area contributed by atoms with Gasteiger partial charge in [0.2, 0.25) is 0 Å². The van der Waals surface area contributed by atoms with Gasteiger partial charge >= 0.3 is 5.97 Å². The molecule has 1 saturated carbocycles. The standard InChI is InChI=1S/C5H7O2/c1-7-5(6)4-2-3-4/h4H,1-3H2. The van der Waals surface area contributed by atoms with E-state index in [2.05, 4.69) is 11.8 Å². The summed E-state index contributed by atoms with van der Waals surface area (Å²) in [5.74, 6) is 0.0394. The van der Waals surface area contributed by atoms with Crippen LogP contribution in [0.4, 0.5) is 0 Å². The van der Waals surface area contributed by atoms with Crippen LogP contribution < -0.4 is 0 Å². The quantitative estimate of drug-likeness (QED) is 0.453. The van der Waals surface area contributed by atoms with Crippen LogP contribution in [0.15, 0.2) is 0 Å². The summed E-state index contributed by atoms with van der Waals surface area (Å²) >= 11 is 0. The summed E-state index contributed by atoms with van der Waals surface area (Å²) in [5.41, 5.74) is 0. The molecular formula is C5H7O2. The average molecular weight is 99.1 g/mol. The van der Waals surface area contributed by atoms with E-state index in [1.807, 2.05) is 0 Å². The zero-order chi connectivity index (χ0) is 5.28. The minimum atomic E-state index is -0.153. The van der Waals surface area contributed by atoms with Gasteiger partial charge in [-0.15, -0.1) is 0 Å². The zero-order valence-electron chi connectivity index (χ0n) is 4.02. The molecule has 0 atom stereocenters. The van der Waals surface area contributed by atoms with Gasteiger partial charge in [0.1, 0.15) is 7.11 Å². The Morgan fingerprint density at radius 1 is 1.71 bits per heavy atom. The lowest BCUT2D eigenvalue weighted by Crippen LogP contribution is -1.99. The Kier molecular flexibility index (Phi) is 1.01. The lowest BCUT2D eigenvalue weighted by atomic mass is 10.4. The Bertz CT molecular complexity index is 84.1. The van der Waals surface area contributed by atoms with Crippen molar-refractivity contribution in [2.45, 2.75) is 12.8 Å². The monoisotopic (exact) mass is 99.0 g/mol. The Balaban J connectivity index is 2.24. The summed E-state index contributed by atoms with van der Waals surface area (Å²) in [6.07, 6.45) is 1.99. The van der Waals surface area contributed by atoms with Crippen molar-refractivity contribution in [3.63, 3.8) is 0 Å². The summed E-state index contributed by atoms with van der Waals surface area (Å²) < 4.78 is 4.19. The van der Waals surface area contributed by atoms with Crippen LogP contribution in [0, 0.1) is 13.0 Å². The lowest BCUT2D eigenvalue weighted by Gasteiger charge is -1.88. The smallest absolute Gasteiger partial charge is 0.309 e. The van der Waals surface area contributed by atoms with Gasteiger partial charge in [0.25, 0.3) is 0 Å². The summed E-state index contributed by atoms with van der Waals surface area (Å²) in [5, 5.41) is 0. The third-order valence-electron chi connectivity index (χ3n) is 1.05. The van der Waals surface area contributed by atoms with E-state index in [9.17, 15) is 4.79 Å². The van der Waals surface area contributed by atoms with E-state index in [-0.39, 0.29) is 11.9 Å². The highest BCUT2D eigenvalue weighted by atomic mass is 16.5. The van der Waals surface area contributed by atoms with E-state index in [0.717, 1.165) is 12.8 Å². The molecule has 1 fully saturated rings. The number of esters is 1.